The third-order valence-electron chi connectivity index (χ3n) is 1.64. The highest BCUT2D eigenvalue weighted by atomic mass is 19.4. The Kier molecular flexibility index (Phi) is 3.39. The number of aromatic nitrogens is 1. The molecule has 0 saturated carbocycles. The van der Waals surface area contributed by atoms with Gasteiger partial charge in [0.15, 0.2) is 6.61 Å². The molecule has 0 fully saturated rings. The zero-order valence-electron chi connectivity index (χ0n) is 8.26. The maximum atomic E-state index is 11.8. The first-order chi connectivity index (χ1) is 6.92. The molecular formula is C9H10F3NO2. The first-order valence-corrected chi connectivity index (χ1v) is 4.12. The molecular weight excluding hydrogens is 211 g/mol. The van der Waals surface area contributed by atoms with Gasteiger partial charge in [-0.3, -0.25) is 0 Å². The summed E-state index contributed by atoms with van der Waals surface area (Å²) in [6.07, 6.45) is -3.03. The van der Waals surface area contributed by atoms with Gasteiger partial charge in [-0.2, -0.15) is 13.2 Å². The zero-order valence-corrected chi connectivity index (χ0v) is 8.26. The van der Waals surface area contributed by atoms with Crippen LogP contribution in [0.4, 0.5) is 13.2 Å². The van der Waals surface area contributed by atoms with Crippen LogP contribution < -0.4 is 9.47 Å². The zero-order chi connectivity index (χ0) is 11.5. The van der Waals surface area contributed by atoms with Crippen molar-refractivity contribution in [3.8, 4) is 11.6 Å². The molecule has 1 aromatic rings. The molecule has 0 atom stereocenters. The van der Waals surface area contributed by atoms with E-state index in [1.165, 1.54) is 19.4 Å². The topological polar surface area (TPSA) is 31.4 Å². The van der Waals surface area contributed by atoms with Gasteiger partial charge in [0.2, 0.25) is 5.88 Å². The van der Waals surface area contributed by atoms with Crippen molar-refractivity contribution in [1.29, 1.82) is 0 Å². The third kappa shape index (κ3) is 3.65. The number of alkyl halides is 3. The Morgan fingerprint density at radius 1 is 1.40 bits per heavy atom. The molecule has 0 amide bonds. The van der Waals surface area contributed by atoms with Crippen LogP contribution in [0.25, 0.3) is 0 Å². The van der Waals surface area contributed by atoms with Crippen LogP contribution in [-0.4, -0.2) is 24.9 Å². The van der Waals surface area contributed by atoms with E-state index in [4.69, 9.17) is 4.74 Å². The number of pyridine rings is 1. The van der Waals surface area contributed by atoms with Gasteiger partial charge in [0.05, 0.1) is 13.3 Å². The number of methoxy groups -OCH3 is 1. The molecule has 0 radical (unpaired) electrons. The van der Waals surface area contributed by atoms with Gasteiger partial charge in [-0.1, -0.05) is 0 Å². The fraction of sp³-hybridized carbons (Fsp3) is 0.444. The number of hydrogen-bond donors (Lipinski definition) is 0. The van der Waals surface area contributed by atoms with E-state index >= 15 is 0 Å². The van der Waals surface area contributed by atoms with Crippen LogP contribution in [0.1, 0.15) is 5.56 Å². The summed E-state index contributed by atoms with van der Waals surface area (Å²) in [5.41, 5.74) is 0.671. The number of hydrogen-bond acceptors (Lipinski definition) is 3. The number of ether oxygens (including phenoxy) is 2. The fourth-order valence-corrected chi connectivity index (χ4v) is 0.966. The van der Waals surface area contributed by atoms with Crippen molar-refractivity contribution < 1.29 is 22.6 Å². The molecule has 0 aliphatic rings. The van der Waals surface area contributed by atoms with Crippen LogP contribution in [0, 0.1) is 6.92 Å². The Hall–Kier alpha value is -1.46. The molecule has 6 heteroatoms. The molecule has 0 spiro atoms. The Bertz CT molecular complexity index is 339. The molecule has 1 heterocycles. The monoisotopic (exact) mass is 221 g/mol. The molecule has 0 unspecified atom stereocenters. The summed E-state index contributed by atoms with van der Waals surface area (Å²) in [4.78, 5) is 3.67. The van der Waals surface area contributed by atoms with Crippen molar-refractivity contribution in [3.05, 3.63) is 17.8 Å². The van der Waals surface area contributed by atoms with E-state index in [0.717, 1.165) is 0 Å². The second-order valence-electron chi connectivity index (χ2n) is 2.90. The summed E-state index contributed by atoms with van der Waals surface area (Å²) < 4.78 is 44.8. The van der Waals surface area contributed by atoms with Crippen molar-refractivity contribution in [2.45, 2.75) is 13.1 Å². The minimum Gasteiger partial charge on any atom is -0.495 e. The quantitative estimate of drug-likeness (QED) is 0.785. The van der Waals surface area contributed by atoms with E-state index in [2.05, 4.69) is 9.72 Å². The lowest BCUT2D eigenvalue weighted by Crippen LogP contribution is -2.19. The molecule has 1 aromatic heterocycles. The predicted octanol–water partition coefficient (Wildman–Crippen LogP) is 2.34. The maximum Gasteiger partial charge on any atom is 0.422 e. The number of aryl methyl sites for hydroxylation is 1. The van der Waals surface area contributed by atoms with E-state index in [-0.39, 0.29) is 5.88 Å². The lowest BCUT2D eigenvalue weighted by Gasteiger charge is -2.09. The summed E-state index contributed by atoms with van der Waals surface area (Å²) >= 11 is 0. The van der Waals surface area contributed by atoms with Crippen LogP contribution in [0.2, 0.25) is 0 Å². The summed E-state index contributed by atoms with van der Waals surface area (Å²) in [5.74, 6) is 0.444. The van der Waals surface area contributed by atoms with Crippen LogP contribution >= 0.6 is 0 Å². The Morgan fingerprint density at radius 2 is 2.07 bits per heavy atom. The Labute approximate surface area is 84.8 Å². The molecule has 0 aliphatic heterocycles. The minimum atomic E-state index is -4.35. The Morgan fingerprint density at radius 3 is 2.53 bits per heavy atom. The summed E-state index contributed by atoms with van der Waals surface area (Å²) in [5, 5.41) is 0. The highest BCUT2D eigenvalue weighted by molar-refractivity contribution is 5.33. The van der Waals surface area contributed by atoms with E-state index in [1.54, 1.807) is 6.92 Å². The standard InChI is InChI=1S/C9H10F3NO2/c1-6-3-8(13-4-7(6)14-2)15-5-9(10,11)12/h3-4H,5H2,1-2H3. The van der Waals surface area contributed by atoms with Crippen LogP contribution in [0.5, 0.6) is 11.6 Å². The summed E-state index contributed by atoms with van der Waals surface area (Å²) in [7, 11) is 1.46. The van der Waals surface area contributed by atoms with Gasteiger partial charge in [0.25, 0.3) is 0 Å². The Balaban J connectivity index is 2.68. The molecule has 1 rings (SSSR count). The highest BCUT2D eigenvalue weighted by Gasteiger charge is 2.28. The van der Waals surface area contributed by atoms with Crippen molar-refractivity contribution in [2.75, 3.05) is 13.7 Å². The summed E-state index contributed by atoms with van der Waals surface area (Å²) in [6, 6.07) is 1.39. The van der Waals surface area contributed by atoms with Crippen molar-refractivity contribution in [3.63, 3.8) is 0 Å². The van der Waals surface area contributed by atoms with Crippen molar-refractivity contribution >= 4 is 0 Å². The van der Waals surface area contributed by atoms with Gasteiger partial charge in [-0.15, -0.1) is 0 Å². The van der Waals surface area contributed by atoms with Gasteiger partial charge in [-0.25, -0.2) is 4.98 Å². The SMILES string of the molecule is COc1cnc(OCC(F)(F)F)cc1C. The normalized spacial score (nSPS) is 11.3. The highest BCUT2D eigenvalue weighted by Crippen LogP contribution is 2.22. The average Bonchev–Trinajstić information content (AvgIpc) is 2.14. The molecule has 0 aromatic carbocycles. The molecule has 0 saturated heterocycles. The first-order valence-electron chi connectivity index (χ1n) is 4.12. The average molecular weight is 221 g/mol. The molecule has 15 heavy (non-hydrogen) atoms. The van der Waals surface area contributed by atoms with E-state index in [9.17, 15) is 13.2 Å². The third-order valence-corrected chi connectivity index (χ3v) is 1.64. The van der Waals surface area contributed by atoms with E-state index in [0.29, 0.717) is 11.3 Å². The number of nitrogens with zero attached hydrogens (tertiary/aromatic N) is 1. The largest absolute Gasteiger partial charge is 0.495 e. The molecule has 84 valence electrons. The minimum absolute atomic E-state index is 0.0642. The molecule has 0 bridgehead atoms. The molecule has 3 nitrogen and oxygen atoms in total. The van der Waals surface area contributed by atoms with Gasteiger partial charge in [0.1, 0.15) is 5.75 Å². The summed E-state index contributed by atoms with van der Waals surface area (Å²) in [6.45, 7) is 0.354. The molecule has 0 aliphatic carbocycles. The number of halogens is 3. The molecule has 0 N–H and O–H groups in total. The number of rotatable bonds is 3. The predicted molar refractivity (Wildman–Crippen MR) is 47.1 cm³/mol. The van der Waals surface area contributed by atoms with E-state index < -0.39 is 12.8 Å². The smallest absolute Gasteiger partial charge is 0.422 e. The van der Waals surface area contributed by atoms with E-state index in [1.807, 2.05) is 0 Å². The second kappa shape index (κ2) is 4.37. The van der Waals surface area contributed by atoms with Crippen LogP contribution in [-0.2, 0) is 0 Å². The second-order valence-corrected chi connectivity index (χ2v) is 2.90. The fourth-order valence-electron chi connectivity index (χ4n) is 0.966. The maximum absolute atomic E-state index is 11.8. The van der Waals surface area contributed by atoms with Gasteiger partial charge >= 0.3 is 6.18 Å². The van der Waals surface area contributed by atoms with Crippen LogP contribution in [0.15, 0.2) is 12.3 Å². The van der Waals surface area contributed by atoms with Crippen LogP contribution in [0.3, 0.4) is 0 Å². The lowest BCUT2D eigenvalue weighted by molar-refractivity contribution is -0.154. The van der Waals surface area contributed by atoms with Gasteiger partial charge in [0, 0.05) is 6.07 Å². The van der Waals surface area contributed by atoms with Crippen molar-refractivity contribution in [1.82, 2.24) is 4.98 Å². The van der Waals surface area contributed by atoms with Gasteiger partial charge in [-0.05, 0) is 12.5 Å². The van der Waals surface area contributed by atoms with Gasteiger partial charge < -0.3 is 9.47 Å². The van der Waals surface area contributed by atoms with Crippen molar-refractivity contribution in [2.24, 2.45) is 0 Å². The lowest BCUT2D eigenvalue weighted by atomic mass is 10.3. The first kappa shape index (κ1) is 11.6.